The second-order valence-corrected chi connectivity index (χ2v) is 1.96. The van der Waals surface area contributed by atoms with Crippen molar-refractivity contribution in [3.05, 3.63) is 29.6 Å². The Balaban J connectivity index is 3.15. The monoisotopic (exact) mass is 151 g/mol. The quantitative estimate of drug-likeness (QED) is 0.612. The first-order valence-corrected chi connectivity index (χ1v) is 3.01. The van der Waals surface area contributed by atoms with Crippen molar-refractivity contribution < 1.29 is 9.13 Å². The van der Waals surface area contributed by atoms with Gasteiger partial charge in [0.05, 0.1) is 12.7 Å². The van der Waals surface area contributed by atoms with Crippen LogP contribution in [0.5, 0.6) is 5.75 Å². The molecular weight excluding hydrogens is 145 g/mol. The molecule has 0 amide bonds. The van der Waals surface area contributed by atoms with Gasteiger partial charge in [0, 0.05) is 6.07 Å². The number of hydrogen-bond donors (Lipinski definition) is 0. The van der Waals surface area contributed by atoms with Gasteiger partial charge in [-0.05, 0) is 12.1 Å². The lowest BCUT2D eigenvalue weighted by Gasteiger charge is -1.98. The van der Waals surface area contributed by atoms with Gasteiger partial charge in [-0.2, -0.15) is 5.26 Å². The Morgan fingerprint density at radius 2 is 2.27 bits per heavy atom. The number of benzene rings is 1. The number of hydrogen-bond acceptors (Lipinski definition) is 2. The summed E-state index contributed by atoms with van der Waals surface area (Å²) in [5, 5.41) is 8.39. The molecule has 0 saturated heterocycles. The highest BCUT2D eigenvalue weighted by molar-refractivity contribution is 5.37. The van der Waals surface area contributed by atoms with E-state index in [-0.39, 0.29) is 5.56 Å². The van der Waals surface area contributed by atoms with Gasteiger partial charge < -0.3 is 4.74 Å². The van der Waals surface area contributed by atoms with Gasteiger partial charge in [0.2, 0.25) is 0 Å². The zero-order valence-electron chi connectivity index (χ0n) is 5.97. The fraction of sp³-hybridized carbons (Fsp3) is 0.125. The minimum Gasteiger partial charge on any atom is -0.497 e. The van der Waals surface area contributed by atoms with E-state index >= 15 is 0 Å². The molecule has 0 atom stereocenters. The van der Waals surface area contributed by atoms with E-state index in [0.717, 1.165) is 0 Å². The fourth-order valence-electron chi connectivity index (χ4n) is 0.717. The van der Waals surface area contributed by atoms with Crippen LogP contribution in [0.1, 0.15) is 5.56 Å². The SMILES string of the molecule is COc1ccc(F)c(C#N)c1. The molecule has 0 unspecified atom stereocenters. The molecule has 1 aromatic carbocycles. The topological polar surface area (TPSA) is 33.0 Å². The molecule has 0 saturated carbocycles. The van der Waals surface area contributed by atoms with Crippen LogP contribution in [0.4, 0.5) is 4.39 Å². The Bertz CT molecular complexity index is 303. The highest BCUT2D eigenvalue weighted by atomic mass is 19.1. The largest absolute Gasteiger partial charge is 0.497 e. The van der Waals surface area contributed by atoms with Crippen molar-refractivity contribution in [2.45, 2.75) is 0 Å². The Labute approximate surface area is 63.8 Å². The van der Waals surface area contributed by atoms with E-state index in [1.807, 2.05) is 0 Å². The van der Waals surface area contributed by atoms with Crippen LogP contribution in [0.15, 0.2) is 18.2 Å². The second kappa shape index (κ2) is 3.02. The third kappa shape index (κ3) is 1.47. The smallest absolute Gasteiger partial charge is 0.141 e. The molecule has 0 bridgehead atoms. The standard InChI is InChI=1S/C8H6FNO/c1-11-7-2-3-8(9)6(4-7)5-10/h2-4H,1H3. The third-order valence-corrected chi connectivity index (χ3v) is 1.29. The molecule has 0 fully saturated rings. The van der Waals surface area contributed by atoms with Gasteiger partial charge in [0.1, 0.15) is 17.6 Å². The molecule has 0 aliphatic heterocycles. The second-order valence-electron chi connectivity index (χ2n) is 1.96. The van der Waals surface area contributed by atoms with Crippen LogP contribution in [-0.4, -0.2) is 7.11 Å². The van der Waals surface area contributed by atoms with Crippen molar-refractivity contribution >= 4 is 0 Å². The Morgan fingerprint density at radius 1 is 1.55 bits per heavy atom. The predicted molar refractivity (Wildman–Crippen MR) is 37.7 cm³/mol. The molecule has 56 valence electrons. The van der Waals surface area contributed by atoms with E-state index in [0.29, 0.717) is 5.75 Å². The van der Waals surface area contributed by atoms with Gasteiger partial charge in [0.25, 0.3) is 0 Å². The van der Waals surface area contributed by atoms with Gasteiger partial charge in [-0.15, -0.1) is 0 Å². The summed E-state index contributed by atoms with van der Waals surface area (Å²) < 4.78 is 17.4. The number of methoxy groups -OCH3 is 1. The lowest BCUT2D eigenvalue weighted by molar-refractivity contribution is 0.413. The molecule has 1 rings (SSSR count). The molecule has 0 radical (unpaired) electrons. The third-order valence-electron chi connectivity index (χ3n) is 1.29. The van der Waals surface area contributed by atoms with Crippen molar-refractivity contribution in [3.63, 3.8) is 0 Å². The van der Waals surface area contributed by atoms with Crippen molar-refractivity contribution in [1.82, 2.24) is 0 Å². The van der Waals surface area contributed by atoms with E-state index in [2.05, 4.69) is 0 Å². The number of ether oxygens (including phenoxy) is 1. The number of halogens is 1. The van der Waals surface area contributed by atoms with E-state index in [1.165, 1.54) is 25.3 Å². The van der Waals surface area contributed by atoms with Gasteiger partial charge >= 0.3 is 0 Å². The van der Waals surface area contributed by atoms with Crippen LogP contribution >= 0.6 is 0 Å². The highest BCUT2D eigenvalue weighted by Gasteiger charge is 2.01. The summed E-state index contributed by atoms with van der Waals surface area (Å²) in [6.07, 6.45) is 0. The van der Waals surface area contributed by atoms with Gasteiger partial charge in [-0.25, -0.2) is 4.39 Å². The molecule has 2 nitrogen and oxygen atoms in total. The number of nitrogens with zero attached hydrogens (tertiary/aromatic N) is 1. The number of rotatable bonds is 1. The maximum Gasteiger partial charge on any atom is 0.141 e. The lowest BCUT2D eigenvalue weighted by atomic mass is 10.2. The fourth-order valence-corrected chi connectivity index (χ4v) is 0.717. The molecule has 0 N–H and O–H groups in total. The first kappa shape index (κ1) is 7.55. The van der Waals surface area contributed by atoms with Crippen molar-refractivity contribution in [2.24, 2.45) is 0 Å². The molecule has 0 aliphatic carbocycles. The number of nitriles is 1. The zero-order valence-corrected chi connectivity index (χ0v) is 5.97. The summed E-state index contributed by atoms with van der Waals surface area (Å²) in [5.74, 6) is -0.0312. The maximum absolute atomic E-state index is 12.6. The van der Waals surface area contributed by atoms with Crippen LogP contribution in [-0.2, 0) is 0 Å². The van der Waals surface area contributed by atoms with E-state index in [9.17, 15) is 4.39 Å². The van der Waals surface area contributed by atoms with Crippen LogP contribution < -0.4 is 4.74 Å². The highest BCUT2D eigenvalue weighted by Crippen LogP contribution is 2.14. The summed E-state index contributed by atoms with van der Waals surface area (Å²) in [4.78, 5) is 0. The van der Waals surface area contributed by atoms with Crippen LogP contribution in [0.3, 0.4) is 0 Å². The lowest BCUT2D eigenvalue weighted by Crippen LogP contribution is -1.86. The zero-order chi connectivity index (χ0) is 8.27. The Kier molecular flexibility index (Phi) is 2.07. The van der Waals surface area contributed by atoms with Crippen LogP contribution in [0.2, 0.25) is 0 Å². The maximum atomic E-state index is 12.6. The summed E-state index contributed by atoms with van der Waals surface area (Å²) in [6, 6.07) is 5.75. The normalized spacial score (nSPS) is 8.82. The van der Waals surface area contributed by atoms with Crippen molar-refractivity contribution in [3.8, 4) is 11.8 Å². The summed E-state index contributed by atoms with van der Waals surface area (Å²) >= 11 is 0. The minimum absolute atomic E-state index is 0.00403. The molecule has 0 aromatic heterocycles. The first-order chi connectivity index (χ1) is 5.27. The molecule has 3 heteroatoms. The molecule has 0 heterocycles. The summed E-state index contributed by atoms with van der Waals surface area (Å²) in [7, 11) is 1.47. The molecule has 11 heavy (non-hydrogen) atoms. The Hall–Kier alpha value is -1.56. The van der Waals surface area contributed by atoms with Gasteiger partial charge in [-0.1, -0.05) is 0 Å². The van der Waals surface area contributed by atoms with Gasteiger partial charge in [0.15, 0.2) is 0 Å². The van der Waals surface area contributed by atoms with Crippen LogP contribution in [0, 0.1) is 17.1 Å². The Morgan fingerprint density at radius 3 is 2.82 bits per heavy atom. The van der Waals surface area contributed by atoms with E-state index in [1.54, 1.807) is 6.07 Å². The van der Waals surface area contributed by atoms with Gasteiger partial charge in [-0.3, -0.25) is 0 Å². The first-order valence-electron chi connectivity index (χ1n) is 3.01. The molecular formula is C8H6FNO. The summed E-state index contributed by atoms with van der Waals surface area (Å²) in [5.41, 5.74) is 0.00403. The van der Waals surface area contributed by atoms with E-state index < -0.39 is 5.82 Å². The van der Waals surface area contributed by atoms with E-state index in [4.69, 9.17) is 10.00 Å². The molecule has 0 spiro atoms. The average molecular weight is 151 g/mol. The molecule has 0 aliphatic rings. The minimum atomic E-state index is -0.520. The summed E-state index contributed by atoms with van der Waals surface area (Å²) in [6.45, 7) is 0. The van der Waals surface area contributed by atoms with Crippen LogP contribution in [0.25, 0.3) is 0 Å². The molecule has 1 aromatic rings. The van der Waals surface area contributed by atoms with Crippen molar-refractivity contribution in [2.75, 3.05) is 7.11 Å². The van der Waals surface area contributed by atoms with Crippen molar-refractivity contribution in [1.29, 1.82) is 5.26 Å². The average Bonchev–Trinajstić information content (AvgIpc) is 2.05. The predicted octanol–water partition coefficient (Wildman–Crippen LogP) is 1.71.